The average Bonchev–Trinajstić information content (AvgIpc) is 3.35. The molecule has 8 nitrogen and oxygen atoms in total. The molecule has 1 saturated carbocycles. The molecule has 1 unspecified atom stereocenters. The number of nitrogens with one attached hydrogen (secondary N) is 1. The minimum atomic E-state index is -2.69. The lowest BCUT2D eigenvalue weighted by Gasteiger charge is -2.41. The Morgan fingerprint density at radius 2 is 1.81 bits per heavy atom. The third-order valence-corrected chi connectivity index (χ3v) is 7.52. The summed E-state index contributed by atoms with van der Waals surface area (Å²) in [5, 5.41) is 7.95. The van der Waals surface area contributed by atoms with Crippen LogP contribution < -0.4 is 15.1 Å². The minimum Gasteiger partial charge on any atom is -0.446 e. The van der Waals surface area contributed by atoms with E-state index >= 15 is 0 Å². The van der Waals surface area contributed by atoms with Crippen LogP contribution >= 0.6 is 0 Å². The van der Waals surface area contributed by atoms with Crippen LogP contribution in [-0.2, 0) is 9.53 Å². The van der Waals surface area contributed by atoms with E-state index in [1.807, 2.05) is 42.2 Å². The zero-order chi connectivity index (χ0) is 25.4. The first kappa shape index (κ1) is 24.7. The Bertz CT molecular complexity index is 1120. The summed E-state index contributed by atoms with van der Waals surface area (Å²) in [5.74, 6) is -2.80. The van der Waals surface area contributed by atoms with Crippen molar-refractivity contribution >= 4 is 23.4 Å². The van der Waals surface area contributed by atoms with Gasteiger partial charge < -0.3 is 15.0 Å². The van der Waals surface area contributed by atoms with Crippen molar-refractivity contribution in [3.8, 4) is 11.1 Å². The highest BCUT2D eigenvalue weighted by Crippen LogP contribution is 2.40. The normalized spacial score (nSPS) is 22.8. The summed E-state index contributed by atoms with van der Waals surface area (Å²) in [4.78, 5) is 28.9. The van der Waals surface area contributed by atoms with Crippen molar-refractivity contribution in [2.45, 2.75) is 76.5 Å². The average molecular weight is 502 g/mol. The van der Waals surface area contributed by atoms with Gasteiger partial charge in [0.2, 0.25) is 11.8 Å². The van der Waals surface area contributed by atoms with Crippen LogP contribution in [0.15, 0.2) is 30.6 Å². The van der Waals surface area contributed by atoms with Gasteiger partial charge in [-0.3, -0.25) is 14.4 Å². The number of fused-ring (bicyclic) bond motifs is 1. The topological polar surface area (TPSA) is 79.7 Å². The van der Waals surface area contributed by atoms with E-state index in [-0.39, 0.29) is 44.2 Å². The lowest BCUT2D eigenvalue weighted by molar-refractivity contribution is -0.117. The number of amides is 2. The molecule has 194 valence electrons. The number of carbonyl (C=O) groups is 2. The van der Waals surface area contributed by atoms with E-state index in [9.17, 15) is 18.4 Å². The fraction of sp³-hybridized carbons (Fsp3) is 0.577. The van der Waals surface area contributed by atoms with Crippen LogP contribution in [0.25, 0.3) is 11.1 Å². The number of carbonyl (C=O) groups excluding carboxylic acids is 2. The fourth-order valence-corrected chi connectivity index (χ4v) is 5.55. The van der Waals surface area contributed by atoms with Crippen LogP contribution in [0, 0.1) is 0 Å². The van der Waals surface area contributed by atoms with E-state index in [0.29, 0.717) is 17.4 Å². The van der Waals surface area contributed by atoms with Crippen molar-refractivity contribution in [1.29, 1.82) is 0 Å². The van der Waals surface area contributed by atoms with E-state index in [1.165, 1.54) is 11.8 Å². The van der Waals surface area contributed by atoms with Crippen LogP contribution in [0.2, 0.25) is 0 Å². The maximum absolute atomic E-state index is 13.6. The van der Waals surface area contributed by atoms with Crippen molar-refractivity contribution in [1.82, 2.24) is 15.1 Å². The highest BCUT2D eigenvalue weighted by molar-refractivity contribution is 6.03. The molecule has 2 aromatic rings. The van der Waals surface area contributed by atoms with Gasteiger partial charge in [-0.2, -0.15) is 5.10 Å². The molecule has 1 atom stereocenters. The molecule has 2 fully saturated rings. The lowest BCUT2D eigenvalue weighted by Crippen LogP contribution is -2.52. The number of nitrogens with zero attached hydrogens (tertiary/aromatic N) is 4. The lowest BCUT2D eigenvalue weighted by atomic mass is 9.94. The second kappa shape index (κ2) is 9.80. The molecule has 1 aromatic carbocycles. The van der Waals surface area contributed by atoms with Gasteiger partial charge in [-0.25, -0.2) is 13.6 Å². The first-order chi connectivity index (χ1) is 17.2. The molecule has 2 amide bonds. The van der Waals surface area contributed by atoms with E-state index in [2.05, 4.69) is 10.4 Å². The zero-order valence-corrected chi connectivity index (χ0v) is 20.8. The van der Waals surface area contributed by atoms with Gasteiger partial charge in [-0.15, -0.1) is 0 Å². The predicted molar refractivity (Wildman–Crippen MR) is 132 cm³/mol. The van der Waals surface area contributed by atoms with E-state index in [4.69, 9.17) is 4.74 Å². The molecule has 1 N–H and O–H groups in total. The molecule has 0 spiro atoms. The Hall–Kier alpha value is -3.01. The van der Waals surface area contributed by atoms with Gasteiger partial charge in [0.05, 0.1) is 29.7 Å². The van der Waals surface area contributed by atoms with Crippen LogP contribution in [0.4, 0.5) is 25.0 Å². The summed E-state index contributed by atoms with van der Waals surface area (Å²) in [5.41, 5.74) is 3.00. The predicted octanol–water partition coefficient (Wildman–Crippen LogP) is 4.75. The number of rotatable bonds is 3. The summed E-state index contributed by atoms with van der Waals surface area (Å²) in [6, 6.07) is 5.76. The molecule has 36 heavy (non-hydrogen) atoms. The fourth-order valence-electron chi connectivity index (χ4n) is 5.55. The summed E-state index contributed by atoms with van der Waals surface area (Å²) in [6.07, 6.45) is 4.52. The van der Waals surface area contributed by atoms with Gasteiger partial charge in [0.15, 0.2) is 0 Å². The Balaban J connectivity index is 1.42. The first-order valence-electron chi connectivity index (χ1n) is 12.8. The Morgan fingerprint density at radius 1 is 1.08 bits per heavy atom. The number of hydrogen-bond acceptors (Lipinski definition) is 5. The number of aromatic nitrogens is 2. The van der Waals surface area contributed by atoms with Gasteiger partial charge in [0.1, 0.15) is 6.10 Å². The molecule has 1 aliphatic carbocycles. The third-order valence-electron chi connectivity index (χ3n) is 7.52. The van der Waals surface area contributed by atoms with Crippen LogP contribution in [-0.4, -0.2) is 59.5 Å². The minimum absolute atomic E-state index is 0.113. The second-order valence-electron chi connectivity index (χ2n) is 10.2. The summed E-state index contributed by atoms with van der Waals surface area (Å²) in [7, 11) is 0. The van der Waals surface area contributed by atoms with E-state index < -0.39 is 18.1 Å². The maximum Gasteiger partial charge on any atom is 0.414 e. The number of ether oxygens (including phenoxy) is 1. The van der Waals surface area contributed by atoms with Crippen molar-refractivity contribution in [2.24, 2.45) is 0 Å². The second-order valence-corrected chi connectivity index (χ2v) is 10.2. The SMILES string of the molecule is CC(=O)N1c2ccc(-c3cnn(C4CCNCC4)c3)cc2N(C(=O)OC2CCC(F)(F)CC2)CC1C. The van der Waals surface area contributed by atoms with E-state index in [1.54, 1.807) is 4.90 Å². The highest BCUT2D eigenvalue weighted by atomic mass is 19.3. The Labute approximate surface area is 209 Å². The quantitative estimate of drug-likeness (QED) is 0.657. The number of hydrogen-bond donors (Lipinski definition) is 1. The molecule has 0 bridgehead atoms. The van der Waals surface area contributed by atoms with Crippen molar-refractivity contribution in [3.05, 3.63) is 30.6 Å². The molecule has 5 rings (SSSR count). The number of piperidine rings is 1. The highest BCUT2D eigenvalue weighted by Gasteiger charge is 2.39. The van der Waals surface area contributed by atoms with Gasteiger partial charge >= 0.3 is 6.09 Å². The smallest absolute Gasteiger partial charge is 0.414 e. The maximum atomic E-state index is 13.6. The molecule has 0 radical (unpaired) electrons. The number of benzene rings is 1. The molecule has 1 saturated heterocycles. The summed E-state index contributed by atoms with van der Waals surface area (Å²) in [6.45, 7) is 5.57. The number of anilines is 2. The van der Waals surface area contributed by atoms with E-state index in [0.717, 1.165) is 37.1 Å². The van der Waals surface area contributed by atoms with Crippen molar-refractivity contribution < 1.29 is 23.1 Å². The van der Waals surface area contributed by atoms with Gasteiger partial charge in [0, 0.05) is 38.1 Å². The monoisotopic (exact) mass is 501 g/mol. The standard InChI is InChI=1S/C26H33F2N5O3/c1-17-15-31(25(35)36-22-5-9-26(27,28)10-6-22)24-13-19(3-4-23(24)33(17)18(2)34)20-14-30-32(16-20)21-7-11-29-12-8-21/h3-4,13-14,16-17,21-22,29H,5-12,15H2,1-2H3. The Morgan fingerprint density at radius 3 is 2.50 bits per heavy atom. The molecule has 1 aromatic heterocycles. The van der Waals surface area contributed by atoms with Gasteiger partial charge in [-0.1, -0.05) is 6.07 Å². The molecule has 3 heterocycles. The molecule has 10 heteroatoms. The van der Waals surface area contributed by atoms with Crippen LogP contribution in [0.5, 0.6) is 0 Å². The molecular weight excluding hydrogens is 468 g/mol. The first-order valence-corrected chi connectivity index (χ1v) is 12.8. The summed E-state index contributed by atoms with van der Waals surface area (Å²) >= 11 is 0. The van der Waals surface area contributed by atoms with Crippen molar-refractivity contribution in [2.75, 3.05) is 29.4 Å². The van der Waals surface area contributed by atoms with Gasteiger partial charge in [-0.05, 0) is 63.4 Å². The zero-order valence-electron chi connectivity index (χ0n) is 20.8. The Kier molecular flexibility index (Phi) is 6.72. The molecule has 2 aliphatic heterocycles. The molecular formula is C26H33F2N5O3. The summed E-state index contributed by atoms with van der Waals surface area (Å²) < 4.78 is 34.8. The number of halogens is 2. The van der Waals surface area contributed by atoms with Crippen LogP contribution in [0.1, 0.15) is 58.4 Å². The number of alkyl halides is 2. The van der Waals surface area contributed by atoms with Crippen molar-refractivity contribution in [3.63, 3.8) is 0 Å². The third kappa shape index (κ3) is 4.96. The van der Waals surface area contributed by atoms with Gasteiger partial charge in [0.25, 0.3) is 0 Å². The van der Waals surface area contributed by atoms with Crippen LogP contribution in [0.3, 0.4) is 0 Å². The largest absolute Gasteiger partial charge is 0.446 e. The molecule has 3 aliphatic rings.